The van der Waals surface area contributed by atoms with E-state index < -0.39 is 0 Å². The molecule has 0 bridgehead atoms. The lowest BCUT2D eigenvalue weighted by Gasteiger charge is -2.07. The molecule has 110 valence electrons. The summed E-state index contributed by atoms with van der Waals surface area (Å²) in [6.07, 6.45) is 0. The van der Waals surface area contributed by atoms with E-state index in [0.717, 1.165) is 16.8 Å². The van der Waals surface area contributed by atoms with E-state index >= 15 is 0 Å². The summed E-state index contributed by atoms with van der Waals surface area (Å²) < 4.78 is 10.0. The van der Waals surface area contributed by atoms with Crippen molar-refractivity contribution in [3.63, 3.8) is 0 Å². The highest BCUT2D eigenvalue weighted by Crippen LogP contribution is 2.20. The highest BCUT2D eigenvalue weighted by Gasteiger charge is 2.03. The van der Waals surface area contributed by atoms with Crippen molar-refractivity contribution in [1.82, 2.24) is 0 Å². The Kier molecular flexibility index (Phi) is 5.94. The van der Waals surface area contributed by atoms with Crippen LogP contribution in [0.2, 0.25) is 0 Å². The molecule has 21 heavy (non-hydrogen) atoms. The topological polar surface area (TPSA) is 47.6 Å². The number of amides is 1. The van der Waals surface area contributed by atoms with Crippen molar-refractivity contribution in [3.05, 3.63) is 54.6 Å². The fourth-order valence-electron chi connectivity index (χ4n) is 1.88. The summed E-state index contributed by atoms with van der Waals surface area (Å²) in [4.78, 5) is 11.7. The molecule has 2 aromatic rings. The van der Waals surface area contributed by atoms with E-state index in [1.54, 1.807) is 7.11 Å². The predicted molar refractivity (Wildman–Crippen MR) is 83.2 cm³/mol. The average Bonchev–Trinajstić information content (AvgIpc) is 2.53. The number of anilines is 1. The van der Waals surface area contributed by atoms with Crippen LogP contribution in [0.5, 0.6) is 0 Å². The van der Waals surface area contributed by atoms with Gasteiger partial charge in [-0.25, -0.2) is 0 Å². The van der Waals surface area contributed by atoms with E-state index in [0.29, 0.717) is 13.2 Å². The van der Waals surface area contributed by atoms with E-state index in [-0.39, 0.29) is 12.5 Å². The zero-order valence-corrected chi connectivity index (χ0v) is 12.0. The normalized spacial score (nSPS) is 10.3. The Labute approximate surface area is 124 Å². The SMILES string of the molecule is COCCOCC(=O)Nc1ccc(-c2ccccc2)cc1. The number of carbonyl (C=O) groups is 1. The molecule has 0 unspecified atom stereocenters. The van der Waals surface area contributed by atoms with Crippen molar-refractivity contribution >= 4 is 11.6 Å². The molecule has 2 aromatic carbocycles. The van der Waals surface area contributed by atoms with Crippen molar-refractivity contribution in [2.24, 2.45) is 0 Å². The Balaban J connectivity index is 1.86. The summed E-state index contributed by atoms with van der Waals surface area (Å²) >= 11 is 0. The molecule has 4 heteroatoms. The van der Waals surface area contributed by atoms with E-state index in [1.165, 1.54) is 0 Å². The molecule has 1 N–H and O–H groups in total. The zero-order chi connectivity index (χ0) is 14.9. The second kappa shape index (κ2) is 8.19. The van der Waals surface area contributed by atoms with Crippen molar-refractivity contribution in [2.75, 3.05) is 32.2 Å². The summed E-state index contributed by atoms with van der Waals surface area (Å²) in [5.74, 6) is -0.168. The smallest absolute Gasteiger partial charge is 0.250 e. The van der Waals surface area contributed by atoms with Crippen molar-refractivity contribution < 1.29 is 14.3 Å². The maximum atomic E-state index is 11.7. The van der Waals surface area contributed by atoms with Gasteiger partial charge in [-0.05, 0) is 23.3 Å². The van der Waals surface area contributed by atoms with Gasteiger partial charge in [-0.3, -0.25) is 4.79 Å². The van der Waals surface area contributed by atoms with Crippen LogP contribution in [-0.4, -0.2) is 32.8 Å². The lowest BCUT2D eigenvalue weighted by molar-refractivity contribution is -0.121. The van der Waals surface area contributed by atoms with Gasteiger partial charge in [-0.2, -0.15) is 0 Å². The van der Waals surface area contributed by atoms with Gasteiger partial charge in [-0.1, -0.05) is 42.5 Å². The van der Waals surface area contributed by atoms with Crippen LogP contribution >= 0.6 is 0 Å². The lowest BCUT2D eigenvalue weighted by Crippen LogP contribution is -2.19. The Hall–Kier alpha value is -2.17. The Bertz CT molecular complexity index is 552. The van der Waals surface area contributed by atoms with Crippen LogP contribution in [-0.2, 0) is 14.3 Å². The number of hydrogen-bond donors (Lipinski definition) is 1. The van der Waals surface area contributed by atoms with Crippen molar-refractivity contribution in [3.8, 4) is 11.1 Å². The number of benzene rings is 2. The van der Waals surface area contributed by atoms with Gasteiger partial charge in [0.15, 0.2) is 0 Å². The maximum Gasteiger partial charge on any atom is 0.250 e. The average molecular weight is 285 g/mol. The predicted octanol–water partition coefficient (Wildman–Crippen LogP) is 2.96. The first-order valence-corrected chi connectivity index (χ1v) is 6.81. The molecule has 4 nitrogen and oxygen atoms in total. The summed E-state index contributed by atoms with van der Waals surface area (Å²) in [6.45, 7) is 0.930. The zero-order valence-electron chi connectivity index (χ0n) is 12.0. The Morgan fingerprint density at radius 3 is 2.29 bits per heavy atom. The molecule has 0 aliphatic rings. The summed E-state index contributed by atoms with van der Waals surface area (Å²) in [5.41, 5.74) is 3.03. The van der Waals surface area contributed by atoms with Crippen LogP contribution < -0.4 is 5.32 Å². The van der Waals surface area contributed by atoms with Crippen molar-refractivity contribution in [2.45, 2.75) is 0 Å². The van der Waals surface area contributed by atoms with Gasteiger partial charge >= 0.3 is 0 Å². The number of ether oxygens (including phenoxy) is 2. The van der Waals surface area contributed by atoms with E-state index in [2.05, 4.69) is 17.4 Å². The fraction of sp³-hybridized carbons (Fsp3) is 0.235. The van der Waals surface area contributed by atoms with Gasteiger partial charge in [0.2, 0.25) is 5.91 Å². The minimum atomic E-state index is -0.168. The third-order valence-corrected chi connectivity index (χ3v) is 2.94. The van der Waals surface area contributed by atoms with Gasteiger partial charge in [0.05, 0.1) is 13.2 Å². The molecular formula is C17H19NO3. The van der Waals surface area contributed by atoms with Gasteiger partial charge < -0.3 is 14.8 Å². The molecule has 0 aliphatic carbocycles. The minimum absolute atomic E-state index is 0.0315. The Morgan fingerprint density at radius 1 is 0.952 bits per heavy atom. The minimum Gasteiger partial charge on any atom is -0.382 e. The van der Waals surface area contributed by atoms with Crippen LogP contribution in [0, 0.1) is 0 Å². The first kappa shape index (κ1) is 15.2. The maximum absolute atomic E-state index is 11.7. The highest BCUT2D eigenvalue weighted by atomic mass is 16.5. The first-order chi connectivity index (χ1) is 10.3. The second-order valence-corrected chi connectivity index (χ2v) is 4.54. The quantitative estimate of drug-likeness (QED) is 0.796. The fourth-order valence-corrected chi connectivity index (χ4v) is 1.88. The second-order valence-electron chi connectivity index (χ2n) is 4.54. The molecule has 0 saturated heterocycles. The lowest BCUT2D eigenvalue weighted by atomic mass is 10.1. The van der Waals surface area contributed by atoms with Gasteiger partial charge in [-0.15, -0.1) is 0 Å². The summed E-state index contributed by atoms with van der Waals surface area (Å²) in [6, 6.07) is 17.8. The third-order valence-electron chi connectivity index (χ3n) is 2.94. The molecule has 2 rings (SSSR count). The molecule has 0 spiro atoms. The molecular weight excluding hydrogens is 266 g/mol. The monoisotopic (exact) mass is 285 g/mol. The van der Waals surface area contributed by atoms with E-state index in [4.69, 9.17) is 9.47 Å². The Morgan fingerprint density at radius 2 is 1.62 bits per heavy atom. The van der Waals surface area contributed by atoms with Crippen LogP contribution in [0.25, 0.3) is 11.1 Å². The first-order valence-electron chi connectivity index (χ1n) is 6.81. The molecule has 0 heterocycles. The molecule has 0 atom stereocenters. The highest BCUT2D eigenvalue weighted by molar-refractivity contribution is 5.91. The van der Waals surface area contributed by atoms with Crippen LogP contribution in [0.1, 0.15) is 0 Å². The third kappa shape index (κ3) is 5.02. The summed E-state index contributed by atoms with van der Waals surface area (Å²) in [7, 11) is 1.59. The largest absolute Gasteiger partial charge is 0.382 e. The molecule has 0 aromatic heterocycles. The molecule has 0 saturated carbocycles. The van der Waals surface area contributed by atoms with Crippen LogP contribution in [0.3, 0.4) is 0 Å². The number of nitrogens with one attached hydrogen (secondary N) is 1. The van der Waals surface area contributed by atoms with Crippen molar-refractivity contribution in [1.29, 1.82) is 0 Å². The van der Waals surface area contributed by atoms with Gasteiger partial charge in [0.1, 0.15) is 6.61 Å². The molecule has 0 aliphatic heterocycles. The van der Waals surface area contributed by atoms with Gasteiger partial charge in [0, 0.05) is 12.8 Å². The molecule has 1 amide bonds. The standard InChI is InChI=1S/C17H19NO3/c1-20-11-12-21-13-17(19)18-16-9-7-15(8-10-16)14-5-3-2-4-6-14/h2-10H,11-13H2,1H3,(H,18,19). The molecule has 0 fully saturated rings. The van der Waals surface area contributed by atoms with Crippen LogP contribution in [0.4, 0.5) is 5.69 Å². The summed E-state index contributed by atoms with van der Waals surface area (Å²) in [5, 5.41) is 2.79. The number of methoxy groups -OCH3 is 1. The van der Waals surface area contributed by atoms with E-state index in [9.17, 15) is 4.79 Å². The number of rotatable bonds is 7. The number of carbonyl (C=O) groups excluding carboxylic acids is 1. The van der Waals surface area contributed by atoms with E-state index in [1.807, 2.05) is 42.5 Å². The van der Waals surface area contributed by atoms with Gasteiger partial charge in [0.25, 0.3) is 0 Å². The number of hydrogen-bond acceptors (Lipinski definition) is 3. The molecule has 0 radical (unpaired) electrons. The van der Waals surface area contributed by atoms with Crippen LogP contribution in [0.15, 0.2) is 54.6 Å².